The number of hydrogen-bond donors (Lipinski definition) is 3. The number of aliphatic hydroxyl groups excluding tert-OH is 1. The van der Waals surface area contributed by atoms with Crippen molar-refractivity contribution >= 4 is 17.8 Å². The molecule has 0 aliphatic rings. The van der Waals surface area contributed by atoms with E-state index in [4.69, 9.17) is 0 Å². The van der Waals surface area contributed by atoms with Crippen LogP contribution in [0.1, 0.15) is 20.8 Å². The van der Waals surface area contributed by atoms with Crippen molar-refractivity contribution in [1.29, 1.82) is 0 Å². The first-order valence-electron chi connectivity index (χ1n) is 5.83. The van der Waals surface area contributed by atoms with Crippen molar-refractivity contribution in [3.63, 3.8) is 0 Å². The van der Waals surface area contributed by atoms with Crippen LogP contribution in [-0.4, -0.2) is 52.8 Å². The van der Waals surface area contributed by atoms with Crippen molar-refractivity contribution in [2.45, 2.75) is 32.4 Å². The Labute approximate surface area is 108 Å². The third kappa shape index (κ3) is 3.43. The van der Waals surface area contributed by atoms with Gasteiger partial charge in [0.25, 0.3) is 0 Å². The molecule has 18 heavy (non-hydrogen) atoms. The van der Waals surface area contributed by atoms with Crippen molar-refractivity contribution < 1.29 is 5.11 Å². The van der Waals surface area contributed by atoms with Gasteiger partial charge in [0.2, 0.25) is 17.8 Å². The van der Waals surface area contributed by atoms with Crippen LogP contribution in [0.25, 0.3) is 0 Å². The second kappa shape index (κ2) is 5.34. The van der Waals surface area contributed by atoms with Crippen LogP contribution in [0.3, 0.4) is 0 Å². The van der Waals surface area contributed by atoms with Gasteiger partial charge in [-0.05, 0) is 20.8 Å². The normalized spacial score (nSPS) is 13.1. The van der Waals surface area contributed by atoms with Gasteiger partial charge in [-0.3, -0.25) is 0 Å². The molecule has 3 N–H and O–H groups in total. The lowest BCUT2D eigenvalue weighted by Gasteiger charge is -2.29. The molecule has 7 nitrogen and oxygen atoms in total. The van der Waals surface area contributed by atoms with Crippen LogP contribution in [-0.2, 0) is 0 Å². The smallest absolute Gasteiger partial charge is 0.231 e. The molecule has 0 spiro atoms. The number of anilines is 3. The van der Waals surface area contributed by atoms with Crippen molar-refractivity contribution in [3.05, 3.63) is 0 Å². The summed E-state index contributed by atoms with van der Waals surface area (Å²) >= 11 is 0. The van der Waals surface area contributed by atoms with Gasteiger partial charge in [-0.15, -0.1) is 0 Å². The van der Waals surface area contributed by atoms with Crippen molar-refractivity contribution in [3.8, 4) is 0 Å². The number of nitrogens with zero attached hydrogens (tertiary/aromatic N) is 4. The van der Waals surface area contributed by atoms with E-state index in [1.807, 2.05) is 27.9 Å². The molecule has 0 aliphatic heterocycles. The zero-order valence-electron chi connectivity index (χ0n) is 11.8. The molecule has 1 heterocycles. The zero-order valence-corrected chi connectivity index (χ0v) is 11.8. The first kappa shape index (κ1) is 14.4. The van der Waals surface area contributed by atoms with E-state index in [0.29, 0.717) is 17.8 Å². The second-order valence-corrected chi connectivity index (χ2v) is 4.95. The summed E-state index contributed by atoms with van der Waals surface area (Å²) in [5, 5.41) is 15.7. The van der Waals surface area contributed by atoms with Gasteiger partial charge < -0.3 is 20.6 Å². The van der Waals surface area contributed by atoms with E-state index in [1.54, 1.807) is 18.9 Å². The standard InChI is InChI=1S/C11H22N6O/c1-7(18)11(2,3)16-9-13-8(12-4)14-10(15-9)17(5)6/h7,18H,1-6H3,(H2,12,13,14,15,16). The molecule has 0 aromatic carbocycles. The highest BCUT2D eigenvalue weighted by Gasteiger charge is 2.25. The fourth-order valence-corrected chi connectivity index (χ4v) is 1.13. The maximum absolute atomic E-state index is 9.69. The predicted octanol–water partition coefficient (Wildman–Crippen LogP) is 0.551. The van der Waals surface area contributed by atoms with Crippen LogP contribution < -0.4 is 15.5 Å². The molecular formula is C11H22N6O. The molecule has 7 heteroatoms. The van der Waals surface area contributed by atoms with E-state index in [2.05, 4.69) is 25.6 Å². The summed E-state index contributed by atoms with van der Waals surface area (Å²) in [6.07, 6.45) is -0.532. The minimum Gasteiger partial charge on any atom is -0.391 e. The molecule has 0 amide bonds. The first-order valence-corrected chi connectivity index (χ1v) is 5.83. The molecule has 1 rings (SSSR count). The van der Waals surface area contributed by atoms with Gasteiger partial charge in [0.1, 0.15) is 0 Å². The van der Waals surface area contributed by atoms with Crippen molar-refractivity contribution in [2.75, 3.05) is 36.7 Å². The van der Waals surface area contributed by atoms with E-state index >= 15 is 0 Å². The Morgan fingerprint density at radius 1 is 1.17 bits per heavy atom. The van der Waals surface area contributed by atoms with Gasteiger partial charge in [0, 0.05) is 21.1 Å². The lowest BCUT2D eigenvalue weighted by Crippen LogP contribution is -2.42. The van der Waals surface area contributed by atoms with Crippen molar-refractivity contribution in [2.24, 2.45) is 0 Å². The highest BCUT2D eigenvalue weighted by Crippen LogP contribution is 2.18. The summed E-state index contributed by atoms with van der Waals surface area (Å²) in [6, 6.07) is 0. The summed E-state index contributed by atoms with van der Waals surface area (Å²) in [6.45, 7) is 5.49. The van der Waals surface area contributed by atoms with Crippen LogP contribution in [0.5, 0.6) is 0 Å². The monoisotopic (exact) mass is 254 g/mol. The fraction of sp³-hybridized carbons (Fsp3) is 0.727. The number of aliphatic hydroxyl groups is 1. The van der Waals surface area contributed by atoms with E-state index < -0.39 is 11.6 Å². The molecule has 1 aromatic rings. The topological polar surface area (TPSA) is 86.2 Å². The molecule has 0 aliphatic carbocycles. The van der Waals surface area contributed by atoms with Gasteiger partial charge in [-0.2, -0.15) is 15.0 Å². The van der Waals surface area contributed by atoms with Crippen LogP contribution in [0, 0.1) is 0 Å². The Bertz CT molecular complexity index is 405. The second-order valence-electron chi connectivity index (χ2n) is 4.95. The lowest BCUT2D eigenvalue weighted by molar-refractivity contribution is 0.132. The molecule has 0 fully saturated rings. The van der Waals surface area contributed by atoms with Crippen molar-refractivity contribution in [1.82, 2.24) is 15.0 Å². The number of rotatable bonds is 5. The summed E-state index contributed by atoms with van der Waals surface area (Å²) in [5.74, 6) is 1.47. The number of aromatic nitrogens is 3. The minimum atomic E-state index is -0.532. The van der Waals surface area contributed by atoms with E-state index in [1.165, 1.54) is 0 Å². The molecule has 1 aromatic heterocycles. The Hall–Kier alpha value is -1.63. The molecule has 102 valence electrons. The molecule has 0 saturated carbocycles. The molecule has 0 bridgehead atoms. The summed E-state index contributed by atoms with van der Waals surface area (Å²) in [4.78, 5) is 14.5. The molecule has 0 saturated heterocycles. The first-order chi connectivity index (χ1) is 8.26. The van der Waals surface area contributed by atoms with E-state index in [0.717, 1.165) is 0 Å². The van der Waals surface area contributed by atoms with Gasteiger partial charge in [0.15, 0.2) is 0 Å². The van der Waals surface area contributed by atoms with E-state index in [9.17, 15) is 5.11 Å². The maximum atomic E-state index is 9.69. The predicted molar refractivity (Wildman–Crippen MR) is 73.1 cm³/mol. The highest BCUT2D eigenvalue weighted by atomic mass is 16.3. The zero-order chi connectivity index (χ0) is 13.9. The summed E-state index contributed by atoms with van der Waals surface area (Å²) in [7, 11) is 5.47. The Morgan fingerprint density at radius 2 is 1.72 bits per heavy atom. The highest BCUT2D eigenvalue weighted by molar-refractivity contribution is 5.43. The van der Waals surface area contributed by atoms with Crippen LogP contribution in [0.4, 0.5) is 17.8 Å². The molecule has 0 radical (unpaired) electrons. The summed E-state index contributed by atoms with van der Waals surface area (Å²) in [5.41, 5.74) is -0.518. The van der Waals surface area contributed by atoms with Crippen LogP contribution in [0.15, 0.2) is 0 Å². The molecule has 1 atom stereocenters. The Kier molecular flexibility index (Phi) is 4.28. The fourth-order valence-electron chi connectivity index (χ4n) is 1.13. The van der Waals surface area contributed by atoms with Gasteiger partial charge in [0.05, 0.1) is 11.6 Å². The average Bonchev–Trinajstić information content (AvgIpc) is 2.27. The lowest BCUT2D eigenvalue weighted by atomic mass is 9.99. The summed E-state index contributed by atoms with van der Waals surface area (Å²) < 4.78 is 0. The third-order valence-electron chi connectivity index (χ3n) is 2.73. The van der Waals surface area contributed by atoms with Gasteiger partial charge in [-0.1, -0.05) is 0 Å². The molecule has 1 unspecified atom stereocenters. The SMILES string of the molecule is CNc1nc(NC(C)(C)C(C)O)nc(N(C)C)n1. The third-order valence-corrected chi connectivity index (χ3v) is 2.73. The van der Waals surface area contributed by atoms with Crippen LogP contribution in [0.2, 0.25) is 0 Å². The van der Waals surface area contributed by atoms with Crippen LogP contribution >= 0.6 is 0 Å². The number of hydrogen-bond acceptors (Lipinski definition) is 7. The van der Waals surface area contributed by atoms with Gasteiger partial charge in [-0.25, -0.2) is 0 Å². The quantitative estimate of drug-likeness (QED) is 0.707. The molecular weight excluding hydrogens is 232 g/mol. The minimum absolute atomic E-state index is 0.434. The maximum Gasteiger partial charge on any atom is 0.231 e. The van der Waals surface area contributed by atoms with E-state index in [-0.39, 0.29) is 0 Å². The largest absolute Gasteiger partial charge is 0.391 e. The number of nitrogens with one attached hydrogen (secondary N) is 2. The Morgan fingerprint density at radius 3 is 2.17 bits per heavy atom. The van der Waals surface area contributed by atoms with Gasteiger partial charge >= 0.3 is 0 Å². The Balaban J connectivity index is 3.05. The average molecular weight is 254 g/mol.